The summed E-state index contributed by atoms with van der Waals surface area (Å²) in [6, 6.07) is 19.6. The molecule has 0 amide bonds. The van der Waals surface area contributed by atoms with Crippen LogP contribution in [0.4, 0.5) is 0 Å². The highest BCUT2D eigenvalue weighted by molar-refractivity contribution is 5.53. The van der Waals surface area contributed by atoms with E-state index in [1.54, 1.807) is 38.0 Å². The summed E-state index contributed by atoms with van der Waals surface area (Å²) in [5.41, 5.74) is 4.51. The van der Waals surface area contributed by atoms with E-state index in [1.165, 1.54) is 5.56 Å². The van der Waals surface area contributed by atoms with E-state index >= 15 is 0 Å². The molecule has 2 aromatic carbocycles. The zero-order valence-corrected chi connectivity index (χ0v) is 19.9. The van der Waals surface area contributed by atoms with Crippen molar-refractivity contribution in [2.75, 3.05) is 21.3 Å². The monoisotopic (exact) mass is 459 g/mol. The van der Waals surface area contributed by atoms with Gasteiger partial charge < -0.3 is 14.2 Å². The van der Waals surface area contributed by atoms with Crippen LogP contribution in [0.1, 0.15) is 22.4 Å². The van der Waals surface area contributed by atoms with E-state index in [0.29, 0.717) is 42.5 Å². The second-order valence-corrected chi connectivity index (χ2v) is 8.18. The molecule has 0 saturated carbocycles. The predicted octanol–water partition coefficient (Wildman–Crippen LogP) is 4.23. The van der Waals surface area contributed by atoms with Crippen LogP contribution in [0, 0.1) is 6.92 Å². The van der Waals surface area contributed by atoms with E-state index < -0.39 is 0 Å². The summed E-state index contributed by atoms with van der Waals surface area (Å²) in [6.45, 7) is 3.78. The normalized spacial score (nSPS) is 11.1. The van der Waals surface area contributed by atoms with Crippen molar-refractivity contribution >= 4 is 5.65 Å². The molecule has 2 aromatic heterocycles. The summed E-state index contributed by atoms with van der Waals surface area (Å²) in [7, 11) is 4.81. The summed E-state index contributed by atoms with van der Waals surface area (Å²) in [4.78, 5) is 19.7. The van der Waals surface area contributed by atoms with Gasteiger partial charge in [-0.05, 0) is 47.9 Å². The smallest absolute Gasteiger partial charge is 0.258 e. The summed E-state index contributed by atoms with van der Waals surface area (Å²) in [6.07, 6.45) is 1.77. The van der Waals surface area contributed by atoms with Crippen LogP contribution in [-0.4, -0.2) is 35.6 Å². The third-order valence-electron chi connectivity index (χ3n) is 5.64. The number of benzene rings is 2. The van der Waals surface area contributed by atoms with Crippen molar-refractivity contribution < 1.29 is 14.2 Å². The van der Waals surface area contributed by atoms with Gasteiger partial charge >= 0.3 is 0 Å². The Hall–Kier alpha value is -3.84. The fourth-order valence-corrected chi connectivity index (χ4v) is 4.06. The molecule has 7 heteroatoms. The lowest BCUT2D eigenvalue weighted by Gasteiger charge is -2.23. The van der Waals surface area contributed by atoms with Gasteiger partial charge in [-0.25, -0.2) is 4.98 Å². The number of fused-ring (bicyclic) bond motifs is 1. The fraction of sp³-hybridized carbons (Fsp3) is 0.259. The third-order valence-corrected chi connectivity index (χ3v) is 5.64. The molecule has 0 spiro atoms. The van der Waals surface area contributed by atoms with Gasteiger partial charge in [-0.15, -0.1) is 0 Å². The number of ether oxygens (including phenoxy) is 3. The number of hydrogen-bond donors (Lipinski definition) is 0. The quantitative estimate of drug-likeness (QED) is 0.373. The van der Waals surface area contributed by atoms with Crippen molar-refractivity contribution in [2.24, 2.45) is 0 Å². The van der Waals surface area contributed by atoms with Crippen LogP contribution in [0.5, 0.6) is 17.2 Å². The minimum Gasteiger partial charge on any atom is -0.493 e. The van der Waals surface area contributed by atoms with Crippen LogP contribution in [0.25, 0.3) is 5.65 Å². The fourth-order valence-electron chi connectivity index (χ4n) is 4.06. The first kappa shape index (κ1) is 23.3. The second kappa shape index (κ2) is 10.4. The minimum absolute atomic E-state index is 0.0903. The maximum atomic E-state index is 12.7. The number of rotatable bonds is 9. The first-order valence-electron chi connectivity index (χ1n) is 11.0. The van der Waals surface area contributed by atoms with Gasteiger partial charge in [-0.2, -0.15) is 0 Å². The average Bonchev–Trinajstić information content (AvgIpc) is 2.83. The second-order valence-electron chi connectivity index (χ2n) is 8.18. The van der Waals surface area contributed by atoms with Gasteiger partial charge in [0.25, 0.3) is 5.56 Å². The Balaban J connectivity index is 1.69. The Bertz CT molecular complexity index is 1310. The molecule has 0 saturated heterocycles. The molecule has 176 valence electrons. The van der Waals surface area contributed by atoms with Gasteiger partial charge in [0, 0.05) is 31.9 Å². The molecule has 0 atom stereocenters. The largest absolute Gasteiger partial charge is 0.493 e. The van der Waals surface area contributed by atoms with Gasteiger partial charge in [0.2, 0.25) is 5.75 Å². The lowest BCUT2D eigenvalue weighted by molar-refractivity contribution is 0.243. The lowest BCUT2D eigenvalue weighted by Crippen LogP contribution is -2.25. The van der Waals surface area contributed by atoms with Crippen molar-refractivity contribution in [3.8, 4) is 17.2 Å². The molecule has 0 fully saturated rings. The van der Waals surface area contributed by atoms with Crippen molar-refractivity contribution in [2.45, 2.75) is 26.6 Å². The van der Waals surface area contributed by atoms with Crippen LogP contribution < -0.4 is 19.8 Å². The summed E-state index contributed by atoms with van der Waals surface area (Å²) >= 11 is 0. The van der Waals surface area contributed by atoms with Crippen molar-refractivity contribution in [1.82, 2.24) is 14.3 Å². The molecule has 0 aliphatic carbocycles. The van der Waals surface area contributed by atoms with Crippen LogP contribution in [0.3, 0.4) is 0 Å². The molecular weight excluding hydrogens is 430 g/mol. The molecular formula is C27H29N3O4. The highest BCUT2D eigenvalue weighted by Gasteiger charge is 2.17. The topological polar surface area (TPSA) is 65.3 Å². The summed E-state index contributed by atoms with van der Waals surface area (Å²) in [5, 5.41) is 0. The number of nitrogens with zero attached hydrogens (tertiary/aromatic N) is 3. The average molecular weight is 460 g/mol. The van der Waals surface area contributed by atoms with Crippen LogP contribution in [0.15, 0.2) is 71.7 Å². The Morgan fingerprint density at radius 1 is 0.824 bits per heavy atom. The van der Waals surface area contributed by atoms with Gasteiger partial charge in [0.05, 0.1) is 27.0 Å². The molecule has 0 unspecified atom stereocenters. The zero-order valence-electron chi connectivity index (χ0n) is 19.9. The first-order valence-corrected chi connectivity index (χ1v) is 11.0. The number of pyridine rings is 1. The van der Waals surface area contributed by atoms with Crippen molar-refractivity contribution in [3.05, 3.63) is 99.6 Å². The molecule has 0 bridgehead atoms. The standard InChI is InChI=1S/C27H29N3O4/c1-19-10-11-30-25(12-19)28-22(15-26(30)31)18-29(16-20-8-6-5-7-9-20)17-21-13-23(32-2)27(34-4)24(14-21)33-3/h5-15H,16-18H2,1-4H3. The highest BCUT2D eigenvalue weighted by atomic mass is 16.5. The number of aryl methyl sites for hydroxylation is 1. The Kier molecular flexibility index (Phi) is 7.13. The molecule has 0 radical (unpaired) electrons. The van der Waals surface area contributed by atoms with E-state index in [0.717, 1.165) is 16.8 Å². The molecule has 4 aromatic rings. The third kappa shape index (κ3) is 5.21. The molecule has 0 aliphatic rings. The van der Waals surface area contributed by atoms with E-state index in [9.17, 15) is 4.79 Å². The van der Waals surface area contributed by atoms with Crippen LogP contribution in [0.2, 0.25) is 0 Å². The number of aromatic nitrogens is 2. The maximum absolute atomic E-state index is 12.7. The van der Waals surface area contributed by atoms with E-state index in [4.69, 9.17) is 19.2 Å². The molecule has 7 nitrogen and oxygen atoms in total. The predicted molar refractivity (Wildman–Crippen MR) is 132 cm³/mol. The van der Waals surface area contributed by atoms with E-state index in [2.05, 4.69) is 17.0 Å². The minimum atomic E-state index is -0.0903. The van der Waals surface area contributed by atoms with Gasteiger partial charge in [0.15, 0.2) is 11.5 Å². The number of methoxy groups -OCH3 is 3. The highest BCUT2D eigenvalue weighted by Crippen LogP contribution is 2.38. The van der Waals surface area contributed by atoms with Crippen LogP contribution in [-0.2, 0) is 19.6 Å². The van der Waals surface area contributed by atoms with Gasteiger partial charge in [0.1, 0.15) is 5.65 Å². The Morgan fingerprint density at radius 2 is 1.50 bits per heavy atom. The molecule has 0 aliphatic heterocycles. The SMILES string of the molecule is COc1cc(CN(Cc2ccccc2)Cc2cc(=O)n3ccc(C)cc3n2)cc(OC)c1OC. The summed E-state index contributed by atoms with van der Waals surface area (Å²) in [5.74, 6) is 1.77. The van der Waals surface area contributed by atoms with Crippen molar-refractivity contribution in [3.63, 3.8) is 0 Å². The van der Waals surface area contributed by atoms with Gasteiger partial charge in [-0.1, -0.05) is 30.3 Å². The lowest BCUT2D eigenvalue weighted by atomic mass is 10.1. The number of hydrogen-bond acceptors (Lipinski definition) is 6. The maximum Gasteiger partial charge on any atom is 0.258 e. The van der Waals surface area contributed by atoms with Crippen LogP contribution >= 0.6 is 0 Å². The zero-order chi connectivity index (χ0) is 24.1. The molecule has 4 rings (SSSR count). The Labute approximate surface area is 199 Å². The van der Waals surface area contributed by atoms with E-state index in [1.807, 2.05) is 49.4 Å². The van der Waals surface area contributed by atoms with Crippen molar-refractivity contribution in [1.29, 1.82) is 0 Å². The molecule has 0 N–H and O–H groups in total. The first-order chi connectivity index (χ1) is 16.5. The molecule has 2 heterocycles. The van der Waals surface area contributed by atoms with E-state index in [-0.39, 0.29) is 5.56 Å². The van der Waals surface area contributed by atoms with Gasteiger partial charge in [-0.3, -0.25) is 14.1 Å². The summed E-state index contributed by atoms with van der Waals surface area (Å²) < 4.78 is 18.1. The molecule has 34 heavy (non-hydrogen) atoms. The Morgan fingerprint density at radius 3 is 2.15 bits per heavy atom.